The summed E-state index contributed by atoms with van der Waals surface area (Å²) in [6.45, 7) is 6.10. The SMILES string of the molecule is CC(C)(C)S(=O)(=O)N[C@H]1CC[C@H](CNc2cccc(Cl)c2)CC1. The molecule has 1 saturated carbocycles. The van der Waals surface area contributed by atoms with Crippen molar-refractivity contribution >= 4 is 27.3 Å². The Morgan fingerprint density at radius 3 is 2.39 bits per heavy atom. The Morgan fingerprint density at radius 1 is 1.17 bits per heavy atom. The first-order chi connectivity index (χ1) is 10.7. The molecule has 0 amide bonds. The molecule has 0 aromatic heterocycles. The molecule has 0 saturated heterocycles. The molecule has 0 spiro atoms. The number of hydrogen-bond donors (Lipinski definition) is 2. The number of rotatable bonds is 5. The molecule has 23 heavy (non-hydrogen) atoms. The van der Waals surface area contributed by atoms with E-state index in [4.69, 9.17) is 11.6 Å². The Kier molecular flexibility index (Phi) is 5.98. The zero-order valence-corrected chi connectivity index (χ0v) is 15.7. The van der Waals surface area contributed by atoms with Crippen LogP contribution in [0, 0.1) is 5.92 Å². The molecule has 0 atom stereocenters. The number of sulfonamides is 1. The van der Waals surface area contributed by atoms with E-state index in [0.717, 1.165) is 42.9 Å². The van der Waals surface area contributed by atoms with Crippen LogP contribution < -0.4 is 10.0 Å². The molecule has 1 aliphatic rings. The summed E-state index contributed by atoms with van der Waals surface area (Å²) < 4.78 is 26.5. The molecule has 0 unspecified atom stereocenters. The Bertz CT molecular complexity index is 618. The predicted octanol–water partition coefficient (Wildman–Crippen LogP) is 4.03. The second-order valence-electron chi connectivity index (χ2n) is 7.34. The molecule has 1 aliphatic carbocycles. The molecule has 1 aromatic rings. The number of benzene rings is 1. The normalized spacial score (nSPS) is 22.8. The second kappa shape index (κ2) is 7.41. The smallest absolute Gasteiger partial charge is 0.216 e. The maximum Gasteiger partial charge on any atom is 0.216 e. The van der Waals surface area contributed by atoms with Crippen LogP contribution in [0.15, 0.2) is 24.3 Å². The number of halogens is 1. The fourth-order valence-electron chi connectivity index (χ4n) is 2.74. The van der Waals surface area contributed by atoms with Crippen molar-refractivity contribution in [2.45, 2.75) is 57.2 Å². The van der Waals surface area contributed by atoms with E-state index in [0.29, 0.717) is 5.92 Å². The van der Waals surface area contributed by atoms with Gasteiger partial charge >= 0.3 is 0 Å². The summed E-state index contributed by atoms with van der Waals surface area (Å²) in [5.41, 5.74) is 1.04. The van der Waals surface area contributed by atoms with Crippen LogP contribution in [-0.4, -0.2) is 25.8 Å². The van der Waals surface area contributed by atoms with Crippen LogP contribution in [0.3, 0.4) is 0 Å². The predicted molar refractivity (Wildman–Crippen MR) is 97.5 cm³/mol. The third-order valence-electron chi connectivity index (χ3n) is 4.39. The van der Waals surface area contributed by atoms with Crippen LogP contribution in [0.5, 0.6) is 0 Å². The van der Waals surface area contributed by atoms with Crippen molar-refractivity contribution in [3.05, 3.63) is 29.3 Å². The molecule has 1 fully saturated rings. The van der Waals surface area contributed by atoms with Crippen molar-refractivity contribution in [1.82, 2.24) is 4.72 Å². The summed E-state index contributed by atoms with van der Waals surface area (Å²) in [6.07, 6.45) is 3.87. The average Bonchev–Trinajstić information content (AvgIpc) is 2.45. The average molecular weight is 359 g/mol. The van der Waals surface area contributed by atoms with Gasteiger partial charge in [0.1, 0.15) is 0 Å². The van der Waals surface area contributed by atoms with Gasteiger partial charge < -0.3 is 5.32 Å². The molecule has 2 N–H and O–H groups in total. The maximum absolute atomic E-state index is 12.2. The molecule has 0 heterocycles. The molecule has 0 radical (unpaired) electrons. The second-order valence-corrected chi connectivity index (χ2v) is 10.2. The van der Waals surface area contributed by atoms with Gasteiger partial charge in [-0.3, -0.25) is 0 Å². The summed E-state index contributed by atoms with van der Waals surface area (Å²) in [5.74, 6) is 0.573. The van der Waals surface area contributed by atoms with Crippen molar-refractivity contribution in [3.63, 3.8) is 0 Å². The van der Waals surface area contributed by atoms with Crippen molar-refractivity contribution in [2.24, 2.45) is 5.92 Å². The fraction of sp³-hybridized carbons (Fsp3) is 0.647. The molecular formula is C17H27ClN2O2S. The summed E-state index contributed by atoms with van der Waals surface area (Å²) >= 11 is 5.98. The van der Waals surface area contributed by atoms with Gasteiger partial charge in [-0.15, -0.1) is 0 Å². The molecule has 0 bridgehead atoms. The Labute approximate surface area is 145 Å². The van der Waals surface area contributed by atoms with Gasteiger partial charge in [-0.2, -0.15) is 0 Å². The Morgan fingerprint density at radius 2 is 1.83 bits per heavy atom. The largest absolute Gasteiger partial charge is 0.385 e. The Hall–Kier alpha value is -0.780. The molecule has 0 aliphatic heterocycles. The van der Waals surface area contributed by atoms with Gasteiger partial charge in [0.25, 0.3) is 0 Å². The van der Waals surface area contributed by atoms with E-state index in [1.807, 2.05) is 24.3 Å². The summed E-state index contributed by atoms with van der Waals surface area (Å²) in [6, 6.07) is 7.79. The van der Waals surface area contributed by atoms with E-state index in [-0.39, 0.29) is 6.04 Å². The zero-order valence-electron chi connectivity index (χ0n) is 14.1. The first-order valence-electron chi connectivity index (χ1n) is 8.19. The van der Waals surface area contributed by atoms with Crippen molar-refractivity contribution in [2.75, 3.05) is 11.9 Å². The van der Waals surface area contributed by atoms with Crippen molar-refractivity contribution in [3.8, 4) is 0 Å². The lowest BCUT2D eigenvalue weighted by Crippen LogP contribution is -2.46. The van der Waals surface area contributed by atoms with Gasteiger partial charge in [0.2, 0.25) is 10.0 Å². The van der Waals surface area contributed by atoms with Crippen LogP contribution in [0.1, 0.15) is 46.5 Å². The summed E-state index contributed by atoms with van der Waals surface area (Å²) in [5, 5.41) is 4.15. The summed E-state index contributed by atoms with van der Waals surface area (Å²) in [7, 11) is -3.26. The van der Waals surface area contributed by atoms with Crippen molar-refractivity contribution in [1.29, 1.82) is 0 Å². The van der Waals surface area contributed by atoms with Crippen LogP contribution in [0.2, 0.25) is 5.02 Å². The highest BCUT2D eigenvalue weighted by Crippen LogP contribution is 2.27. The Balaban J connectivity index is 1.78. The van der Waals surface area contributed by atoms with Gasteiger partial charge in [-0.1, -0.05) is 17.7 Å². The highest BCUT2D eigenvalue weighted by atomic mass is 35.5. The minimum absolute atomic E-state index is 0.0710. The fourth-order valence-corrected chi connectivity index (χ4v) is 3.96. The third kappa shape index (κ3) is 5.37. The monoisotopic (exact) mass is 358 g/mol. The molecule has 130 valence electrons. The van der Waals surface area contributed by atoms with E-state index < -0.39 is 14.8 Å². The van der Waals surface area contributed by atoms with E-state index in [9.17, 15) is 8.42 Å². The zero-order chi connectivity index (χ0) is 17.1. The number of hydrogen-bond acceptors (Lipinski definition) is 3. The quantitative estimate of drug-likeness (QED) is 0.835. The third-order valence-corrected chi connectivity index (χ3v) is 6.89. The van der Waals surface area contributed by atoms with Crippen LogP contribution in [0.25, 0.3) is 0 Å². The van der Waals surface area contributed by atoms with Gasteiger partial charge in [0.05, 0.1) is 4.75 Å². The lowest BCUT2D eigenvalue weighted by molar-refractivity contribution is 0.322. The minimum atomic E-state index is -3.26. The standard InChI is InChI=1S/C17H27ClN2O2S/c1-17(2,3)23(21,22)20-15-9-7-13(8-10-15)12-19-16-6-4-5-14(18)11-16/h4-6,11,13,15,19-20H,7-10,12H2,1-3H3/t13-,15-. The van der Waals surface area contributed by atoms with Gasteiger partial charge in [-0.05, 0) is 70.6 Å². The van der Waals surface area contributed by atoms with Crippen LogP contribution >= 0.6 is 11.6 Å². The first-order valence-corrected chi connectivity index (χ1v) is 10.0. The van der Waals surface area contributed by atoms with Crippen LogP contribution in [0.4, 0.5) is 5.69 Å². The molecule has 2 rings (SSSR count). The van der Waals surface area contributed by atoms with Crippen LogP contribution in [-0.2, 0) is 10.0 Å². The minimum Gasteiger partial charge on any atom is -0.385 e. The lowest BCUT2D eigenvalue weighted by Gasteiger charge is -2.31. The molecule has 4 nitrogen and oxygen atoms in total. The maximum atomic E-state index is 12.2. The van der Waals surface area contributed by atoms with E-state index in [2.05, 4.69) is 10.0 Å². The summed E-state index contributed by atoms with van der Waals surface area (Å²) in [4.78, 5) is 0. The highest BCUT2D eigenvalue weighted by Gasteiger charge is 2.32. The first kappa shape index (κ1) is 18.6. The van der Waals surface area contributed by atoms with Gasteiger partial charge in [-0.25, -0.2) is 13.1 Å². The lowest BCUT2D eigenvalue weighted by atomic mass is 9.86. The molecule has 1 aromatic carbocycles. The van der Waals surface area contributed by atoms with Gasteiger partial charge in [0.15, 0.2) is 0 Å². The van der Waals surface area contributed by atoms with Crippen molar-refractivity contribution < 1.29 is 8.42 Å². The topological polar surface area (TPSA) is 58.2 Å². The number of anilines is 1. The highest BCUT2D eigenvalue weighted by molar-refractivity contribution is 7.90. The van der Waals surface area contributed by atoms with E-state index in [1.54, 1.807) is 20.8 Å². The molecular weight excluding hydrogens is 332 g/mol. The van der Waals surface area contributed by atoms with E-state index >= 15 is 0 Å². The number of nitrogens with one attached hydrogen (secondary N) is 2. The molecule has 6 heteroatoms. The van der Waals surface area contributed by atoms with Gasteiger partial charge in [0, 0.05) is 23.3 Å². The van der Waals surface area contributed by atoms with E-state index in [1.165, 1.54) is 0 Å².